The van der Waals surface area contributed by atoms with Gasteiger partial charge in [-0.25, -0.2) is 0 Å². The zero-order valence-electron chi connectivity index (χ0n) is 17.0. The minimum Gasteiger partial charge on any atom is -0.358 e. The first-order valence-corrected chi connectivity index (χ1v) is 10.7. The lowest BCUT2D eigenvalue weighted by atomic mass is 9.99. The van der Waals surface area contributed by atoms with Crippen molar-refractivity contribution in [3.05, 3.63) is 77.3 Å². The summed E-state index contributed by atoms with van der Waals surface area (Å²) in [6.07, 6.45) is 1.87. The Labute approximate surface area is 180 Å². The summed E-state index contributed by atoms with van der Waals surface area (Å²) in [7, 11) is 1.63. The molecule has 3 N–H and O–H groups in total. The molecule has 1 amide bonds. The Balaban J connectivity index is 1.54. The van der Waals surface area contributed by atoms with Gasteiger partial charge in [0.1, 0.15) is 5.52 Å². The Morgan fingerprint density at radius 2 is 1.90 bits per heavy atom. The van der Waals surface area contributed by atoms with Crippen LogP contribution >= 0.6 is 11.3 Å². The van der Waals surface area contributed by atoms with E-state index in [0.29, 0.717) is 13.1 Å². The highest BCUT2D eigenvalue weighted by atomic mass is 32.1. The maximum Gasteiger partial charge on any atom is 0.233 e. The number of hydrogen-bond donors (Lipinski definition) is 3. The van der Waals surface area contributed by atoms with E-state index in [1.165, 1.54) is 16.7 Å². The number of aromatic nitrogens is 1. The van der Waals surface area contributed by atoms with Crippen LogP contribution in [0.4, 0.5) is 11.4 Å². The van der Waals surface area contributed by atoms with Crippen molar-refractivity contribution in [1.29, 1.82) is 0 Å². The number of carbonyl (C=O) groups is 1. The van der Waals surface area contributed by atoms with E-state index in [9.17, 15) is 4.79 Å². The van der Waals surface area contributed by atoms with Crippen molar-refractivity contribution in [3.8, 4) is 11.1 Å². The number of hydrogen-bond acceptors (Lipinski definition) is 5. The first-order valence-electron chi connectivity index (χ1n) is 9.85. The number of nitrogens with one attached hydrogen (secondary N) is 3. The van der Waals surface area contributed by atoms with E-state index < -0.39 is 0 Å². The molecule has 0 aliphatic heterocycles. The monoisotopic (exact) mass is 416 g/mol. The van der Waals surface area contributed by atoms with Crippen LogP contribution in [0.15, 0.2) is 66.2 Å². The highest BCUT2D eigenvalue weighted by Gasteiger charge is 2.11. The number of rotatable bonds is 7. The Bertz CT molecular complexity index is 1170. The highest BCUT2D eigenvalue weighted by Crippen LogP contribution is 2.34. The van der Waals surface area contributed by atoms with E-state index in [-0.39, 0.29) is 5.91 Å². The summed E-state index contributed by atoms with van der Waals surface area (Å²) in [6.45, 7) is 3.04. The van der Waals surface area contributed by atoms with Gasteiger partial charge in [0.15, 0.2) is 0 Å². The molecular formula is C24H24N4OS. The fourth-order valence-corrected chi connectivity index (χ4v) is 4.31. The first-order chi connectivity index (χ1) is 14.7. The zero-order valence-corrected chi connectivity index (χ0v) is 17.8. The Morgan fingerprint density at radius 3 is 2.70 bits per heavy atom. The van der Waals surface area contributed by atoms with Gasteiger partial charge >= 0.3 is 0 Å². The predicted octanol–water partition coefficient (Wildman–Crippen LogP) is 4.85. The number of likely N-dealkylation sites (N-methyl/N-ethyl adjacent to an activating group) is 1. The molecule has 4 aromatic rings. The van der Waals surface area contributed by atoms with Gasteiger partial charge in [-0.1, -0.05) is 42.5 Å². The molecule has 2 aromatic carbocycles. The fourth-order valence-electron chi connectivity index (χ4n) is 3.40. The van der Waals surface area contributed by atoms with Crippen LogP contribution in [-0.4, -0.2) is 24.5 Å². The van der Waals surface area contributed by atoms with E-state index >= 15 is 0 Å². The number of fused-ring (bicyclic) bond motifs is 1. The summed E-state index contributed by atoms with van der Waals surface area (Å²) in [5, 5.41) is 11.4. The van der Waals surface area contributed by atoms with Crippen molar-refractivity contribution in [2.45, 2.75) is 13.5 Å². The normalized spacial score (nSPS) is 10.9. The molecule has 4 rings (SSSR count). The van der Waals surface area contributed by atoms with Crippen molar-refractivity contribution < 1.29 is 4.79 Å². The standard InChI is InChI=1S/C24H24N4OS/c1-16-19(18-7-4-3-5-8-18)9-6-10-20(16)28-21-15-30-22-11-17(13-27-24(21)22)12-26-14-23(29)25-2/h3-11,13,15,26,28H,12,14H2,1-2H3,(H,25,29). The number of thiophene rings is 1. The zero-order chi connectivity index (χ0) is 20.9. The van der Waals surface area contributed by atoms with E-state index in [0.717, 1.165) is 27.2 Å². The quantitative estimate of drug-likeness (QED) is 0.403. The molecule has 0 aliphatic rings. The van der Waals surface area contributed by atoms with Crippen LogP contribution in [0, 0.1) is 6.92 Å². The van der Waals surface area contributed by atoms with Gasteiger partial charge < -0.3 is 16.0 Å². The lowest BCUT2D eigenvalue weighted by Gasteiger charge is -2.13. The smallest absolute Gasteiger partial charge is 0.233 e. The van der Waals surface area contributed by atoms with Gasteiger partial charge in [0.25, 0.3) is 0 Å². The van der Waals surface area contributed by atoms with Crippen LogP contribution in [-0.2, 0) is 11.3 Å². The number of pyridine rings is 1. The third-order valence-electron chi connectivity index (χ3n) is 5.05. The van der Waals surface area contributed by atoms with E-state index in [2.05, 4.69) is 81.8 Å². The SMILES string of the molecule is CNC(=O)CNCc1cnc2c(Nc3cccc(-c4ccccc4)c3C)csc2c1. The summed E-state index contributed by atoms with van der Waals surface area (Å²) in [5.74, 6) is -0.0280. The third-order valence-corrected chi connectivity index (χ3v) is 5.97. The Kier molecular flexibility index (Phi) is 6.07. The van der Waals surface area contributed by atoms with Crippen LogP contribution in [0.2, 0.25) is 0 Å². The lowest BCUT2D eigenvalue weighted by Crippen LogP contribution is -2.30. The van der Waals surface area contributed by atoms with Gasteiger partial charge in [0, 0.05) is 30.9 Å². The molecule has 0 bridgehead atoms. The molecule has 0 aliphatic carbocycles. The second kappa shape index (κ2) is 9.07. The fraction of sp³-hybridized carbons (Fsp3) is 0.167. The topological polar surface area (TPSA) is 66.0 Å². The second-order valence-electron chi connectivity index (χ2n) is 7.09. The molecule has 6 heteroatoms. The van der Waals surface area contributed by atoms with Crippen LogP contribution < -0.4 is 16.0 Å². The first kappa shape index (κ1) is 20.1. The molecule has 0 radical (unpaired) electrons. The maximum absolute atomic E-state index is 11.3. The molecule has 152 valence electrons. The number of carbonyl (C=O) groups excluding carboxylic acids is 1. The van der Waals surface area contributed by atoms with Gasteiger partial charge in [-0.2, -0.15) is 0 Å². The van der Waals surface area contributed by atoms with E-state index in [1.54, 1.807) is 18.4 Å². The Morgan fingerprint density at radius 1 is 1.07 bits per heavy atom. The van der Waals surface area contributed by atoms with Crippen LogP contribution in [0.3, 0.4) is 0 Å². The average molecular weight is 417 g/mol. The van der Waals surface area contributed by atoms with Crippen molar-refractivity contribution in [2.75, 3.05) is 18.9 Å². The molecule has 5 nitrogen and oxygen atoms in total. The molecule has 0 atom stereocenters. The molecule has 2 aromatic heterocycles. The van der Waals surface area contributed by atoms with E-state index in [1.807, 2.05) is 12.3 Å². The van der Waals surface area contributed by atoms with E-state index in [4.69, 9.17) is 0 Å². The summed E-state index contributed by atoms with van der Waals surface area (Å²) in [5.41, 5.74) is 7.74. The van der Waals surface area contributed by atoms with Gasteiger partial charge in [0.05, 0.1) is 16.9 Å². The van der Waals surface area contributed by atoms with Crippen LogP contribution in [0.5, 0.6) is 0 Å². The van der Waals surface area contributed by atoms with Gasteiger partial charge in [0.2, 0.25) is 5.91 Å². The van der Waals surface area contributed by atoms with Gasteiger partial charge in [-0.3, -0.25) is 9.78 Å². The molecule has 2 heterocycles. The molecule has 0 saturated heterocycles. The van der Waals surface area contributed by atoms with Crippen molar-refractivity contribution in [3.63, 3.8) is 0 Å². The molecule has 0 saturated carbocycles. The number of benzene rings is 2. The minimum absolute atomic E-state index is 0.0280. The highest BCUT2D eigenvalue weighted by molar-refractivity contribution is 7.17. The molecule has 0 unspecified atom stereocenters. The van der Waals surface area contributed by atoms with Crippen molar-refractivity contribution >= 4 is 38.8 Å². The summed E-state index contributed by atoms with van der Waals surface area (Å²) >= 11 is 1.67. The molecular weight excluding hydrogens is 392 g/mol. The second-order valence-corrected chi connectivity index (χ2v) is 8.00. The molecule has 0 spiro atoms. The van der Waals surface area contributed by atoms with Crippen molar-refractivity contribution in [2.24, 2.45) is 0 Å². The van der Waals surface area contributed by atoms with Crippen LogP contribution in [0.1, 0.15) is 11.1 Å². The third kappa shape index (κ3) is 4.35. The number of nitrogens with zero attached hydrogens (tertiary/aromatic N) is 1. The molecule has 0 fully saturated rings. The summed E-state index contributed by atoms with van der Waals surface area (Å²) < 4.78 is 1.12. The van der Waals surface area contributed by atoms with Crippen molar-refractivity contribution in [1.82, 2.24) is 15.6 Å². The van der Waals surface area contributed by atoms with Gasteiger partial charge in [-0.05, 0) is 41.3 Å². The van der Waals surface area contributed by atoms with Crippen LogP contribution in [0.25, 0.3) is 21.3 Å². The number of anilines is 2. The minimum atomic E-state index is -0.0280. The molecule has 30 heavy (non-hydrogen) atoms. The van der Waals surface area contributed by atoms with Gasteiger partial charge in [-0.15, -0.1) is 11.3 Å². The number of amides is 1. The summed E-state index contributed by atoms with van der Waals surface area (Å²) in [6, 6.07) is 18.9. The largest absolute Gasteiger partial charge is 0.358 e. The Hall–Kier alpha value is -3.22. The predicted molar refractivity (Wildman–Crippen MR) is 125 cm³/mol. The lowest BCUT2D eigenvalue weighted by molar-refractivity contribution is -0.119. The summed E-state index contributed by atoms with van der Waals surface area (Å²) in [4.78, 5) is 16.0. The maximum atomic E-state index is 11.3. The average Bonchev–Trinajstić information content (AvgIpc) is 3.17.